The number of halogens is 1. The van der Waals surface area contributed by atoms with E-state index in [0.717, 1.165) is 30.6 Å². The van der Waals surface area contributed by atoms with Gasteiger partial charge in [0.15, 0.2) is 0 Å². The van der Waals surface area contributed by atoms with Crippen molar-refractivity contribution in [2.75, 3.05) is 6.54 Å². The lowest BCUT2D eigenvalue weighted by Crippen LogP contribution is -2.15. The number of nitrogens with one attached hydrogen (secondary N) is 2. The first-order valence-electron chi connectivity index (χ1n) is 6.70. The average molecular weight is 309 g/mol. The number of rotatable bonds is 7. The summed E-state index contributed by atoms with van der Waals surface area (Å²) in [6, 6.07) is 4.48. The molecule has 1 aromatic carbocycles. The maximum Gasteiger partial charge on any atom is 0.269 e. The average Bonchev–Trinajstić information content (AvgIpc) is 2.85. The third-order valence-corrected chi connectivity index (χ3v) is 3.66. The van der Waals surface area contributed by atoms with Crippen LogP contribution in [0.1, 0.15) is 23.2 Å². The molecule has 0 amide bonds. The number of hydrogen-bond donors (Lipinski definition) is 2. The normalized spacial score (nSPS) is 10.8. The van der Waals surface area contributed by atoms with Crippen molar-refractivity contribution in [1.29, 1.82) is 0 Å². The van der Waals surface area contributed by atoms with E-state index in [9.17, 15) is 10.1 Å². The summed E-state index contributed by atoms with van der Waals surface area (Å²) in [4.78, 5) is 10.3. The van der Waals surface area contributed by atoms with Gasteiger partial charge in [-0.15, -0.1) is 0 Å². The maximum absolute atomic E-state index is 10.7. The molecule has 112 valence electrons. The molecule has 2 rings (SSSR count). The minimum atomic E-state index is -0.415. The quantitative estimate of drug-likeness (QED) is 0.468. The number of aromatic amines is 1. The molecular weight excluding hydrogens is 292 g/mol. The molecule has 0 fully saturated rings. The van der Waals surface area contributed by atoms with Crippen molar-refractivity contribution in [1.82, 2.24) is 15.5 Å². The van der Waals surface area contributed by atoms with E-state index in [0.29, 0.717) is 11.6 Å². The Hall–Kier alpha value is -1.92. The van der Waals surface area contributed by atoms with Crippen LogP contribution in [0.4, 0.5) is 5.69 Å². The van der Waals surface area contributed by atoms with Crippen molar-refractivity contribution < 1.29 is 4.92 Å². The minimum Gasteiger partial charge on any atom is -0.313 e. The Bertz CT molecular complexity index is 627. The van der Waals surface area contributed by atoms with E-state index in [2.05, 4.69) is 15.5 Å². The van der Waals surface area contributed by atoms with Crippen molar-refractivity contribution >= 4 is 17.3 Å². The van der Waals surface area contributed by atoms with E-state index in [4.69, 9.17) is 11.6 Å². The fourth-order valence-corrected chi connectivity index (χ4v) is 2.25. The topological polar surface area (TPSA) is 83.8 Å². The molecule has 21 heavy (non-hydrogen) atoms. The molecule has 0 aliphatic rings. The van der Waals surface area contributed by atoms with Crippen molar-refractivity contribution in [3.05, 3.63) is 56.4 Å². The van der Waals surface area contributed by atoms with Gasteiger partial charge in [0.2, 0.25) is 0 Å². The highest BCUT2D eigenvalue weighted by atomic mass is 35.5. The molecule has 7 heteroatoms. The van der Waals surface area contributed by atoms with Crippen molar-refractivity contribution in [3.63, 3.8) is 0 Å². The zero-order chi connectivity index (χ0) is 15.2. The number of hydrogen-bond acceptors (Lipinski definition) is 4. The van der Waals surface area contributed by atoms with Crippen LogP contribution in [0.25, 0.3) is 0 Å². The van der Waals surface area contributed by atoms with Crippen LogP contribution in [0.5, 0.6) is 0 Å². The van der Waals surface area contributed by atoms with Crippen LogP contribution in [0.15, 0.2) is 24.4 Å². The summed E-state index contributed by atoms with van der Waals surface area (Å²) < 4.78 is 0. The third kappa shape index (κ3) is 4.27. The van der Waals surface area contributed by atoms with Gasteiger partial charge in [-0.1, -0.05) is 11.6 Å². The van der Waals surface area contributed by atoms with Gasteiger partial charge in [0.1, 0.15) is 0 Å². The molecule has 0 saturated heterocycles. The largest absolute Gasteiger partial charge is 0.313 e. The number of nitro benzene ring substituents is 1. The first-order chi connectivity index (χ1) is 10.1. The molecule has 0 bridgehead atoms. The van der Waals surface area contributed by atoms with Gasteiger partial charge in [-0.25, -0.2) is 0 Å². The maximum atomic E-state index is 10.7. The van der Waals surface area contributed by atoms with Gasteiger partial charge in [0.05, 0.1) is 11.1 Å². The molecule has 0 unspecified atom stereocenters. The van der Waals surface area contributed by atoms with Gasteiger partial charge in [-0.2, -0.15) is 5.10 Å². The standard InChI is InChI=1S/C14H17ClN4O2/c1-10-11(9-17-18-10)3-2-6-16-8-12-7-13(19(20)21)4-5-14(12)15/h4-5,7,9,16H,2-3,6,8H2,1H3,(H,17,18). The van der Waals surface area contributed by atoms with E-state index in [1.807, 2.05) is 13.1 Å². The Morgan fingerprint density at radius 2 is 2.24 bits per heavy atom. The van der Waals surface area contributed by atoms with Gasteiger partial charge in [-0.05, 0) is 43.5 Å². The molecule has 2 aromatic rings. The van der Waals surface area contributed by atoms with E-state index in [-0.39, 0.29) is 5.69 Å². The summed E-state index contributed by atoms with van der Waals surface area (Å²) in [6.07, 6.45) is 3.75. The number of non-ortho nitro benzene ring substituents is 1. The zero-order valence-electron chi connectivity index (χ0n) is 11.7. The Morgan fingerprint density at radius 3 is 2.90 bits per heavy atom. The molecule has 0 spiro atoms. The molecule has 0 aliphatic heterocycles. The number of H-pyrrole nitrogens is 1. The number of benzene rings is 1. The van der Waals surface area contributed by atoms with Crippen LogP contribution < -0.4 is 5.32 Å². The smallest absolute Gasteiger partial charge is 0.269 e. The highest BCUT2D eigenvalue weighted by Gasteiger charge is 2.09. The molecular formula is C14H17ClN4O2. The number of aromatic nitrogens is 2. The predicted molar refractivity (Wildman–Crippen MR) is 81.5 cm³/mol. The monoisotopic (exact) mass is 308 g/mol. The van der Waals surface area contributed by atoms with Gasteiger partial charge in [0.25, 0.3) is 5.69 Å². The first-order valence-corrected chi connectivity index (χ1v) is 7.08. The Kier molecular flexibility index (Phi) is 5.30. The van der Waals surface area contributed by atoms with Gasteiger partial charge in [-0.3, -0.25) is 15.2 Å². The molecule has 0 atom stereocenters. The van der Waals surface area contributed by atoms with Gasteiger partial charge in [0, 0.05) is 29.4 Å². The molecule has 6 nitrogen and oxygen atoms in total. The predicted octanol–water partition coefficient (Wildman–Crippen LogP) is 3.00. The van der Waals surface area contributed by atoms with Crippen molar-refractivity contribution in [3.8, 4) is 0 Å². The summed E-state index contributed by atoms with van der Waals surface area (Å²) in [6.45, 7) is 3.33. The van der Waals surface area contributed by atoms with Crippen LogP contribution >= 0.6 is 11.6 Å². The lowest BCUT2D eigenvalue weighted by Gasteiger charge is -2.06. The summed E-state index contributed by atoms with van der Waals surface area (Å²) in [5.74, 6) is 0. The molecule has 0 saturated carbocycles. The fourth-order valence-electron chi connectivity index (χ4n) is 2.06. The summed E-state index contributed by atoms with van der Waals surface area (Å²) in [7, 11) is 0. The van der Waals surface area contributed by atoms with E-state index in [1.165, 1.54) is 17.7 Å². The van der Waals surface area contributed by atoms with E-state index >= 15 is 0 Å². The van der Waals surface area contributed by atoms with Crippen LogP contribution in [0, 0.1) is 17.0 Å². The minimum absolute atomic E-state index is 0.0604. The first kappa shape index (κ1) is 15.5. The van der Waals surface area contributed by atoms with Crippen LogP contribution in [-0.4, -0.2) is 21.7 Å². The van der Waals surface area contributed by atoms with Gasteiger partial charge >= 0.3 is 0 Å². The van der Waals surface area contributed by atoms with Crippen LogP contribution in [-0.2, 0) is 13.0 Å². The lowest BCUT2D eigenvalue weighted by molar-refractivity contribution is -0.384. The van der Waals surface area contributed by atoms with Crippen LogP contribution in [0.2, 0.25) is 5.02 Å². The van der Waals surface area contributed by atoms with Crippen molar-refractivity contribution in [2.45, 2.75) is 26.3 Å². The Balaban J connectivity index is 1.79. The van der Waals surface area contributed by atoms with Crippen LogP contribution in [0.3, 0.4) is 0 Å². The number of aryl methyl sites for hydroxylation is 2. The SMILES string of the molecule is Cc1[nH]ncc1CCCNCc1cc([N+](=O)[O-])ccc1Cl. The second kappa shape index (κ2) is 7.19. The fraction of sp³-hybridized carbons (Fsp3) is 0.357. The molecule has 0 radical (unpaired) electrons. The van der Waals surface area contributed by atoms with Crippen molar-refractivity contribution in [2.24, 2.45) is 0 Å². The highest BCUT2D eigenvalue weighted by molar-refractivity contribution is 6.31. The Morgan fingerprint density at radius 1 is 1.43 bits per heavy atom. The van der Waals surface area contributed by atoms with E-state index < -0.39 is 4.92 Å². The third-order valence-electron chi connectivity index (χ3n) is 3.29. The molecule has 2 N–H and O–H groups in total. The molecule has 1 aromatic heterocycles. The molecule has 0 aliphatic carbocycles. The second-order valence-electron chi connectivity index (χ2n) is 4.83. The van der Waals surface area contributed by atoms with Gasteiger partial charge < -0.3 is 5.32 Å². The summed E-state index contributed by atoms with van der Waals surface area (Å²) in [5, 5.41) is 21.4. The number of nitro groups is 1. The summed E-state index contributed by atoms with van der Waals surface area (Å²) >= 11 is 6.04. The van der Waals surface area contributed by atoms with E-state index in [1.54, 1.807) is 6.07 Å². The number of nitrogens with zero attached hydrogens (tertiary/aromatic N) is 2. The summed E-state index contributed by atoms with van der Waals surface area (Å²) in [5.41, 5.74) is 3.11. The second-order valence-corrected chi connectivity index (χ2v) is 5.24. The zero-order valence-corrected chi connectivity index (χ0v) is 12.5. The lowest BCUT2D eigenvalue weighted by atomic mass is 10.1. The molecule has 1 heterocycles. The highest BCUT2D eigenvalue weighted by Crippen LogP contribution is 2.21. The Labute approximate surface area is 127 Å².